The molecule has 0 bridgehead atoms. The van der Waals surface area contributed by atoms with Gasteiger partial charge in [0.25, 0.3) is 0 Å². The third kappa shape index (κ3) is 2.86. The normalized spacial score (nSPS) is 18.4. The van der Waals surface area contributed by atoms with E-state index in [1.54, 1.807) is 0 Å². The fourth-order valence-electron chi connectivity index (χ4n) is 2.26. The Hall–Kier alpha value is 0.100. The summed E-state index contributed by atoms with van der Waals surface area (Å²) in [4.78, 5) is 9.04. The molecule has 0 unspecified atom stereocenters. The highest BCUT2D eigenvalue weighted by molar-refractivity contribution is 14.1. The summed E-state index contributed by atoms with van der Waals surface area (Å²) in [6, 6.07) is 0. The average molecular weight is 351 g/mol. The monoisotopic (exact) mass is 350 g/mol. The van der Waals surface area contributed by atoms with E-state index in [1.807, 2.05) is 6.92 Å². The van der Waals surface area contributed by atoms with Crippen molar-refractivity contribution in [2.75, 3.05) is 0 Å². The first-order valence-electron chi connectivity index (χ1n) is 5.88. The lowest BCUT2D eigenvalue weighted by molar-refractivity contribution is 0.558. The molecule has 1 aromatic rings. The van der Waals surface area contributed by atoms with Gasteiger partial charge in [-0.1, -0.05) is 37.3 Å². The molecule has 0 amide bonds. The lowest BCUT2D eigenvalue weighted by Crippen LogP contribution is -2.06. The maximum Gasteiger partial charge on any atom is 0.146 e. The van der Waals surface area contributed by atoms with Crippen LogP contribution in [0.1, 0.15) is 56.0 Å². The van der Waals surface area contributed by atoms with Gasteiger partial charge in [-0.05, 0) is 42.4 Å². The number of halogens is 2. The van der Waals surface area contributed by atoms with E-state index in [2.05, 4.69) is 32.6 Å². The van der Waals surface area contributed by atoms with Crippen LogP contribution in [0.15, 0.2) is 0 Å². The minimum absolute atomic E-state index is 0.524. The molecule has 1 aliphatic rings. The molecule has 1 aromatic heterocycles. The van der Waals surface area contributed by atoms with Crippen LogP contribution >= 0.6 is 34.2 Å². The molecule has 1 saturated carbocycles. The molecular formula is C12H16ClIN2. The van der Waals surface area contributed by atoms with Crippen molar-refractivity contribution in [3.8, 4) is 0 Å². The zero-order chi connectivity index (χ0) is 11.5. The van der Waals surface area contributed by atoms with E-state index in [0.29, 0.717) is 11.1 Å². The highest BCUT2D eigenvalue weighted by atomic mass is 127. The van der Waals surface area contributed by atoms with Gasteiger partial charge in [0.05, 0.1) is 9.26 Å². The molecule has 88 valence electrons. The van der Waals surface area contributed by atoms with Crippen molar-refractivity contribution in [3.05, 3.63) is 20.2 Å². The van der Waals surface area contributed by atoms with Crippen LogP contribution in [0, 0.1) is 10.5 Å². The molecular weight excluding hydrogens is 335 g/mol. The SMILES string of the molecule is Cc1nc(C2CCCCCC2)nc(Cl)c1I. The van der Waals surface area contributed by atoms with Crippen LogP contribution < -0.4 is 0 Å². The first-order chi connectivity index (χ1) is 7.68. The van der Waals surface area contributed by atoms with Crippen molar-refractivity contribution in [1.29, 1.82) is 0 Å². The van der Waals surface area contributed by atoms with Crippen LogP contribution in [0.3, 0.4) is 0 Å². The van der Waals surface area contributed by atoms with Crippen LogP contribution in [-0.2, 0) is 0 Å². The van der Waals surface area contributed by atoms with Crippen molar-refractivity contribution in [1.82, 2.24) is 9.97 Å². The van der Waals surface area contributed by atoms with E-state index >= 15 is 0 Å². The molecule has 0 aliphatic heterocycles. The third-order valence-electron chi connectivity index (χ3n) is 3.21. The van der Waals surface area contributed by atoms with Crippen molar-refractivity contribution < 1.29 is 0 Å². The smallest absolute Gasteiger partial charge is 0.146 e. The minimum atomic E-state index is 0.524. The standard InChI is InChI=1S/C12H16ClIN2/c1-8-10(14)11(13)16-12(15-8)9-6-4-2-3-5-7-9/h9H,2-7H2,1H3. The number of nitrogens with zero attached hydrogens (tertiary/aromatic N) is 2. The molecule has 4 heteroatoms. The maximum absolute atomic E-state index is 6.12. The largest absolute Gasteiger partial charge is 0.237 e. The van der Waals surface area contributed by atoms with Crippen molar-refractivity contribution in [2.45, 2.75) is 51.4 Å². The van der Waals surface area contributed by atoms with Gasteiger partial charge in [-0.15, -0.1) is 0 Å². The van der Waals surface area contributed by atoms with Crippen LogP contribution in [0.4, 0.5) is 0 Å². The van der Waals surface area contributed by atoms with Crippen molar-refractivity contribution >= 4 is 34.2 Å². The fourth-order valence-corrected chi connectivity index (χ4v) is 2.73. The third-order valence-corrected chi connectivity index (χ3v) is 5.10. The second-order valence-corrected chi connectivity index (χ2v) is 5.90. The molecule has 1 aliphatic carbocycles. The quantitative estimate of drug-likeness (QED) is 0.424. The molecule has 2 rings (SSSR count). The number of aryl methyl sites for hydroxylation is 1. The zero-order valence-corrected chi connectivity index (χ0v) is 12.4. The highest BCUT2D eigenvalue weighted by Crippen LogP contribution is 2.31. The first-order valence-corrected chi connectivity index (χ1v) is 7.33. The number of aromatic nitrogens is 2. The van der Waals surface area contributed by atoms with Gasteiger partial charge in [-0.25, -0.2) is 9.97 Å². The Kier molecular flexibility index (Phi) is 4.41. The average Bonchev–Trinajstić information content (AvgIpc) is 2.53. The van der Waals surface area contributed by atoms with Gasteiger partial charge in [0.2, 0.25) is 0 Å². The molecule has 0 N–H and O–H groups in total. The van der Waals surface area contributed by atoms with Gasteiger partial charge in [-0.2, -0.15) is 0 Å². The summed E-state index contributed by atoms with van der Waals surface area (Å²) in [7, 11) is 0. The van der Waals surface area contributed by atoms with E-state index in [0.717, 1.165) is 15.1 Å². The predicted octanol–water partition coefficient (Wildman–Crippen LogP) is 4.48. The number of hydrogen-bond acceptors (Lipinski definition) is 2. The maximum atomic E-state index is 6.12. The summed E-state index contributed by atoms with van der Waals surface area (Å²) >= 11 is 8.33. The van der Waals surface area contributed by atoms with Gasteiger partial charge >= 0.3 is 0 Å². The molecule has 16 heavy (non-hydrogen) atoms. The summed E-state index contributed by atoms with van der Waals surface area (Å²) in [5.41, 5.74) is 1.01. The number of hydrogen-bond donors (Lipinski definition) is 0. The van der Waals surface area contributed by atoms with E-state index in [1.165, 1.54) is 38.5 Å². The second kappa shape index (κ2) is 5.63. The van der Waals surface area contributed by atoms with Gasteiger partial charge in [0.1, 0.15) is 11.0 Å². The van der Waals surface area contributed by atoms with E-state index in [9.17, 15) is 0 Å². The summed E-state index contributed by atoms with van der Waals surface area (Å²) < 4.78 is 0.983. The molecule has 0 saturated heterocycles. The summed E-state index contributed by atoms with van der Waals surface area (Å²) in [5.74, 6) is 1.49. The van der Waals surface area contributed by atoms with Gasteiger partial charge in [-0.3, -0.25) is 0 Å². The van der Waals surface area contributed by atoms with E-state index < -0.39 is 0 Å². The number of rotatable bonds is 1. The van der Waals surface area contributed by atoms with Gasteiger partial charge < -0.3 is 0 Å². The Morgan fingerprint density at radius 3 is 2.31 bits per heavy atom. The predicted molar refractivity (Wildman–Crippen MR) is 74.9 cm³/mol. The molecule has 0 spiro atoms. The Balaban J connectivity index is 2.25. The lowest BCUT2D eigenvalue weighted by atomic mass is 9.99. The zero-order valence-electron chi connectivity index (χ0n) is 9.47. The van der Waals surface area contributed by atoms with Crippen LogP contribution in [0.2, 0.25) is 5.15 Å². The second-order valence-electron chi connectivity index (χ2n) is 4.46. The fraction of sp³-hybridized carbons (Fsp3) is 0.667. The van der Waals surface area contributed by atoms with Crippen LogP contribution in [0.5, 0.6) is 0 Å². The van der Waals surface area contributed by atoms with E-state index in [4.69, 9.17) is 11.6 Å². The Bertz CT molecular complexity index is 350. The van der Waals surface area contributed by atoms with Gasteiger partial charge in [0, 0.05) is 5.92 Å². The molecule has 0 atom stereocenters. The Labute approximate surface area is 115 Å². The van der Waals surface area contributed by atoms with Crippen molar-refractivity contribution in [3.63, 3.8) is 0 Å². The van der Waals surface area contributed by atoms with Crippen LogP contribution in [0.25, 0.3) is 0 Å². The molecule has 2 nitrogen and oxygen atoms in total. The Morgan fingerprint density at radius 1 is 1.12 bits per heavy atom. The highest BCUT2D eigenvalue weighted by Gasteiger charge is 2.19. The molecule has 1 fully saturated rings. The minimum Gasteiger partial charge on any atom is -0.237 e. The summed E-state index contributed by atoms with van der Waals surface area (Å²) in [6.07, 6.45) is 7.75. The topological polar surface area (TPSA) is 25.8 Å². The first kappa shape index (κ1) is 12.6. The molecule has 0 aromatic carbocycles. The summed E-state index contributed by atoms with van der Waals surface area (Å²) in [6.45, 7) is 2.01. The Morgan fingerprint density at radius 2 is 1.75 bits per heavy atom. The van der Waals surface area contributed by atoms with Gasteiger partial charge in [0.15, 0.2) is 0 Å². The molecule has 0 radical (unpaired) electrons. The summed E-state index contributed by atoms with van der Waals surface area (Å²) in [5, 5.41) is 0.618. The van der Waals surface area contributed by atoms with Crippen LogP contribution in [-0.4, -0.2) is 9.97 Å². The van der Waals surface area contributed by atoms with E-state index in [-0.39, 0.29) is 0 Å². The molecule has 1 heterocycles. The van der Waals surface area contributed by atoms with Crippen molar-refractivity contribution in [2.24, 2.45) is 0 Å². The lowest BCUT2D eigenvalue weighted by Gasteiger charge is -2.13.